The zero-order chi connectivity index (χ0) is 10.3. The summed E-state index contributed by atoms with van der Waals surface area (Å²) in [6.07, 6.45) is 4.91. The Balaban J connectivity index is 2.06. The molecule has 0 amide bonds. The van der Waals surface area contributed by atoms with Crippen molar-refractivity contribution < 1.29 is 0 Å². The molecule has 1 aromatic heterocycles. The quantitative estimate of drug-likeness (QED) is 0.722. The maximum Gasteiger partial charge on any atom is 0.0292 e. The van der Waals surface area contributed by atoms with Crippen molar-refractivity contribution in [1.82, 2.24) is 9.88 Å². The number of thioether (sulfide) groups is 1. The minimum atomic E-state index is 0.442. The van der Waals surface area contributed by atoms with Crippen molar-refractivity contribution in [3.8, 4) is 0 Å². The Bertz CT molecular complexity index is 364. The van der Waals surface area contributed by atoms with Gasteiger partial charge in [-0.25, -0.2) is 0 Å². The Morgan fingerprint density at radius 1 is 1.40 bits per heavy atom. The molecule has 2 nitrogen and oxygen atoms in total. The summed E-state index contributed by atoms with van der Waals surface area (Å²) in [5.74, 6) is 2.65. The van der Waals surface area contributed by atoms with E-state index in [9.17, 15) is 0 Å². The second-order valence-corrected chi connectivity index (χ2v) is 6.02. The van der Waals surface area contributed by atoms with Gasteiger partial charge in [0.15, 0.2) is 0 Å². The highest BCUT2D eigenvalue weighted by molar-refractivity contribution is 7.99. The third-order valence-electron chi connectivity index (χ3n) is 3.89. The molecule has 0 atom stereocenters. The molecule has 1 spiro atoms. The molecule has 0 bridgehead atoms. The fourth-order valence-corrected chi connectivity index (χ4v) is 4.41. The molecule has 82 valence electrons. The lowest BCUT2D eigenvalue weighted by Gasteiger charge is -2.41. The number of aromatic nitrogens is 1. The van der Waals surface area contributed by atoms with Crippen LogP contribution in [-0.4, -0.2) is 22.6 Å². The van der Waals surface area contributed by atoms with Crippen molar-refractivity contribution in [2.24, 2.45) is 7.05 Å². The van der Waals surface area contributed by atoms with Crippen LogP contribution in [0.15, 0.2) is 12.3 Å². The minimum absolute atomic E-state index is 0.442. The van der Waals surface area contributed by atoms with Crippen LogP contribution in [0.25, 0.3) is 0 Å². The number of nitrogens with one attached hydrogen (secondary N) is 1. The van der Waals surface area contributed by atoms with Crippen molar-refractivity contribution in [2.75, 3.05) is 18.1 Å². The zero-order valence-electron chi connectivity index (χ0n) is 9.25. The highest BCUT2D eigenvalue weighted by Gasteiger charge is 2.39. The molecule has 1 aromatic rings. The number of nitrogens with zero attached hydrogens (tertiary/aromatic N) is 1. The monoisotopic (exact) mass is 222 g/mol. The number of hydrogen-bond donors (Lipinski definition) is 1. The summed E-state index contributed by atoms with van der Waals surface area (Å²) in [7, 11) is 2.20. The van der Waals surface area contributed by atoms with E-state index in [0.29, 0.717) is 5.41 Å². The van der Waals surface area contributed by atoms with Crippen LogP contribution in [0.5, 0.6) is 0 Å². The van der Waals surface area contributed by atoms with Crippen LogP contribution in [-0.2, 0) is 19.0 Å². The summed E-state index contributed by atoms with van der Waals surface area (Å²) in [5.41, 5.74) is 3.58. The van der Waals surface area contributed by atoms with E-state index in [2.05, 4.69) is 41.0 Å². The molecule has 1 N–H and O–H groups in total. The third kappa shape index (κ3) is 1.44. The smallest absolute Gasteiger partial charge is 0.0292 e. The van der Waals surface area contributed by atoms with Crippen LogP contribution in [0.3, 0.4) is 0 Å². The molecule has 3 rings (SSSR count). The fourth-order valence-electron chi connectivity index (χ4n) is 3.13. The van der Waals surface area contributed by atoms with E-state index in [1.165, 1.54) is 36.5 Å². The van der Waals surface area contributed by atoms with Gasteiger partial charge in [-0.15, -0.1) is 0 Å². The highest BCUT2D eigenvalue weighted by atomic mass is 32.2. The van der Waals surface area contributed by atoms with Crippen LogP contribution in [0.1, 0.15) is 24.1 Å². The molecule has 15 heavy (non-hydrogen) atoms. The first-order valence-electron chi connectivity index (χ1n) is 5.75. The van der Waals surface area contributed by atoms with Gasteiger partial charge in [0.05, 0.1) is 0 Å². The van der Waals surface area contributed by atoms with Gasteiger partial charge in [-0.2, -0.15) is 11.8 Å². The van der Waals surface area contributed by atoms with Crippen molar-refractivity contribution in [1.29, 1.82) is 0 Å². The Kier molecular flexibility index (Phi) is 2.33. The highest BCUT2D eigenvalue weighted by Crippen LogP contribution is 2.41. The van der Waals surface area contributed by atoms with E-state index in [1.54, 1.807) is 5.69 Å². The average Bonchev–Trinajstić information content (AvgIpc) is 2.63. The summed E-state index contributed by atoms with van der Waals surface area (Å²) >= 11 is 2.11. The molecular formula is C12H18N2S. The van der Waals surface area contributed by atoms with Gasteiger partial charge in [-0.3, -0.25) is 0 Å². The topological polar surface area (TPSA) is 17.0 Å². The third-order valence-corrected chi connectivity index (χ3v) is 4.87. The SMILES string of the molecule is Cn1ccc2c1C1(CCSCC1)CNC2. The molecule has 1 saturated heterocycles. The van der Waals surface area contributed by atoms with E-state index in [1.807, 2.05) is 0 Å². The van der Waals surface area contributed by atoms with Gasteiger partial charge in [0.1, 0.15) is 0 Å². The second-order valence-electron chi connectivity index (χ2n) is 4.80. The molecule has 1 fully saturated rings. The van der Waals surface area contributed by atoms with Gasteiger partial charge >= 0.3 is 0 Å². The first kappa shape index (κ1) is 9.79. The van der Waals surface area contributed by atoms with Gasteiger partial charge in [0.25, 0.3) is 0 Å². The lowest BCUT2D eigenvalue weighted by Crippen LogP contribution is -2.46. The average molecular weight is 222 g/mol. The second kappa shape index (κ2) is 3.56. The summed E-state index contributed by atoms with van der Waals surface area (Å²) in [6.45, 7) is 2.24. The molecule has 0 aromatic carbocycles. The van der Waals surface area contributed by atoms with Gasteiger partial charge in [0, 0.05) is 37.4 Å². The molecule has 0 saturated carbocycles. The van der Waals surface area contributed by atoms with Gasteiger partial charge in [0.2, 0.25) is 0 Å². The normalized spacial score (nSPS) is 24.1. The Morgan fingerprint density at radius 3 is 3.00 bits per heavy atom. The van der Waals surface area contributed by atoms with E-state index < -0.39 is 0 Å². The Hall–Kier alpha value is -0.410. The van der Waals surface area contributed by atoms with E-state index in [-0.39, 0.29) is 0 Å². The van der Waals surface area contributed by atoms with Gasteiger partial charge < -0.3 is 9.88 Å². The number of hydrogen-bond acceptors (Lipinski definition) is 2. The van der Waals surface area contributed by atoms with Crippen LogP contribution in [0.4, 0.5) is 0 Å². The van der Waals surface area contributed by atoms with E-state index in [4.69, 9.17) is 0 Å². The van der Waals surface area contributed by atoms with Crippen molar-refractivity contribution in [3.05, 3.63) is 23.5 Å². The first-order chi connectivity index (χ1) is 7.32. The van der Waals surface area contributed by atoms with E-state index >= 15 is 0 Å². The molecule has 3 heterocycles. The lowest BCUT2D eigenvalue weighted by molar-refractivity contribution is 0.325. The van der Waals surface area contributed by atoms with Crippen LogP contribution in [0.2, 0.25) is 0 Å². The minimum Gasteiger partial charge on any atom is -0.354 e. The van der Waals surface area contributed by atoms with Gasteiger partial charge in [-0.1, -0.05) is 0 Å². The van der Waals surface area contributed by atoms with Crippen LogP contribution < -0.4 is 5.32 Å². The maximum absolute atomic E-state index is 3.59. The summed E-state index contributed by atoms with van der Waals surface area (Å²) in [4.78, 5) is 0. The van der Waals surface area contributed by atoms with Crippen molar-refractivity contribution in [3.63, 3.8) is 0 Å². The Labute approximate surface area is 95.4 Å². The summed E-state index contributed by atoms with van der Waals surface area (Å²) in [6, 6.07) is 2.28. The molecule has 0 aliphatic carbocycles. The van der Waals surface area contributed by atoms with Crippen LogP contribution in [0, 0.1) is 0 Å². The number of aryl methyl sites for hydroxylation is 1. The predicted molar refractivity (Wildman–Crippen MR) is 65.4 cm³/mol. The largest absolute Gasteiger partial charge is 0.354 e. The lowest BCUT2D eigenvalue weighted by atomic mass is 9.75. The fraction of sp³-hybridized carbons (Fsp3) is 0.667. The van der Waals surface area contributed by atoms with Crippen molar-refractivity contribution >= 4 is 11.8 Å². The van der Waals surface area contributed by atoms with Crippen LogP contribution >= 0.6 is 11.8 Å². The molecule has 2 aliphatic rings. The molecule has 2 aliphatic heterocycles. The van der Waals surface area contributed by atoms with E-state index in [0.717, 1.165) is 6.54 Å². The standard InChI is InChI=1S/C12H18N2S/c1-14-5-2-10-8-13-9-12(11(10)14)3-6-15-7-4-12/h2,5,13H,3-4,6-9H2,1H3. The molecule has 0 radical (unpaired) electrons. The maximum atomic E-state index is 3.59. The molecule has 0 unspecified atom stereocenters. The van der Waals surface area contributed by atoms with Crippen molar-refractivity contribution in [2.45, 2.75) is 24.8 Å². The Morgan fingerprint density at radius 2 is 2.20 bits per heavy atom. The van der Waals surface area contributed by atoms with Gasteiger partial charge in [-0.05, 0) is 36.0 Å². The first-order valence-corrected chi connectivity index (χ1v) is 6.90. The summed E-state index contributed by atoms with van der Waals surface area (Å²) in [5, 5.41) is 3.59. The molecular weight excluding hydrogens is 204 g/mol. The predicted octanol–water partition coefficient (Wildman–Crippen LogP) is 1.89. The number of fused-ring (bicyclic) bond motifs is 2. The molecule has 3 heteroatoms. The number of rotatable bonds is 0. The zero-order valence-corrected chi connectivity index (χ0v) is 10.1. The summed E-state index contributed by atoms with van der Waals surface area (Å²) < 4.78 is 2.35.